The van der Waals surface area contributed by atoms with E-state index in [4.69, 9.17) is 19.2 Å². The van der Waals surface area contributed by atoms with Crippen LogP contribution in [0.1, 0.15) is 12.8 Å². The summed E-state index contributed by atoms with van der Waals surface area (Å²) in [5.41, 5.74) is 4.10. The highest BCUT2D eigenvalue weighted by Crippen LogP contribution is 2.33. The van der Waals surface area contributed by atoms with Crippen molar-refractivity contribution in [1.29, 1.82) is 0 Å². The average Bonchev–Trinajstić information content (AvgIpc) is 3.29. The lowest BCUT2D eigenvalue weighted by Crippen LogP contribution is -2.30. The second-order valence-electron chi connectivity index (χ2n) is 6.85. The van der Waals surface area contributed by atoms with Gasteiger partial charge in [-0.05, 0) is 31.0 Å². The molecule has 0 aliphatic carbocycles. The Morgan fingerprint density at radius 2 is 2.28 bits per heavy atom. The van der Waals surface area contributed by atoms with Gasteiger partial charge in [-0.1, -0.05) is 0 Å². The van der Waals surface area contributed by atoms with Crippen molar-refractivity contribution in [2.45, 2.75) is 12.8 Å². The highest BCUT2D eigenvalue weighted by atomic mass is 32.1. The molecule has 1 N–H and O–H groups in total. The van der Waals surface area contributed by atoms with Crippen LogP contribution < -0.4 is 10.1 Å². The number of nitrogens with one attached hydrogen (secondary N) is 1. The van der Waals surface area contributed by atoms with Gasteiger partial charge < -0.3 is 19.5 Å². The van der Waals surface area contributed by atoms with E-state index in [1.54, 1.807) is 18.8 Å². The summed E-state index contributed by atoms with van der Waals surface area (Å²) < 4.78 is 16.5. The van der Waals surface area contributed by atoms with Gasteiger partial charge in [0, 0.05) is 37.1 Å². The van der Waals surface area contributed by atoms with Crippen molar-refractivity contribution in [1.82, 2.24) is 9.97 Å². The molecule has 3 aromatic rings. The fourth-order valence-corrected chi connectivity index (χ4v) is 3.87. The van der Waals surface area contributed by atoms with E-state index < -0.39 is 0 Å². The second-order valence-corrected chi connectivity index (χ2v) is 7.73. The van der Waals surface area contributed by atoms with E-state index in [0.717, 1.165) is 46.6 Å². The highest BCUT2D eigenvalue weighted by molar-refractivity contribution is 7.13. The van der Waals surface area contributed by atoms with Gasteiger partial charge in [0.25, 0.3) is 0 Å². The van der Waals surface area contributed by atoms with Gasteiger partial charge >= 0.3 is 0 Å². The lowest BCUT2D eigenvalue weighted by atomic mass is 10.0. The van der Waals surface area contributed by atoms with Crippen LogP contribution in [0.3, 0.4) is 0 Å². The minimum Gasteiger partial charge on any atom is -0.490 e. The first-order valence-electron chi connectivity index (χ1n) is 9.58. The molecular weight excluding hydrogens is 390 g/mol. The Morgan fingerprint density at radius 3 is 3.03 bits per heavy atom. The van der Waals surface area contributed by atoms with Crippen LogP contribution in [0.5, 0.6) is 5.75 Å². The van der Waals surface area contributed by atoms with Crippen LogP contribution in [0.25, 0.3) is 21.5 Å². The number of benzene rings is 1. The van der Waals surface area contributed by atoms with Gasteiger partial charge in [-0.2, -0.15) is 0 Å². The van der Waals surface area contributed by atoms with Crippen LogP contribution in [-0.2, 0) is 14.3 Å². The van der Waals surface area contributed by atoms with Crippen LogP contribution in [-0.4, -0.2) is 49.4 Å². The third-order valence-corrected chi connectivity index (χ3v) is 5.59. The average molecular weight is 413 g/mol. The van der Waals surface area contributed by atoms with Crippen molar-refractivity contribution in [3.8, 4) is 16.3 Å². The molecule has 2 aromatic heterocycles. The predicted octanol–water partition coefficient (Wildman–Crippen LogP) is 3.75. The molecule has 0 saturated carbocycles. The standard InChI is InChI=1S/C21H23N3O4S/c1-26-7-8-28-19-10-18(20-11-22-13-29-20)24-17-5-4-15(9-16(17)19)23-21(25)14-3-2-6-27-12-14/h4-5,9-11,13-14H,2-3,6-8,12H2,1H3,(H,23,25). The minimum absolute atomic E-state index is 0.0138. The number of pyridine rings is 1. The summed E-state index contributed by atoms with van der Waals surface area (Å²) in [7, 11) is 1.64. The lowest BCUT2D eigenvalue weighted by Gasteiger charge is -2.21. The summed E-state index contributed by atoms with van der Waals surface area (Å²) in [4.78, 5) is 22.4. The first kappa shape index (κ1) is 19.8. The zero-order chi connectivity index (χ0) is 20.1. The Kier molecular flexibility index (Phi) is 6.33. The zero-order valence-electron chi connectivity index (χ0n) is 16.2. The van der Waals surface area contributed by atoms with Crippen LogP contribution in [0.2, 0.25) is 0 Å². The number of methoxy groups -OCH3 is 1. The van der Waals surface area contributed by atoms with Crippen molar-refractivity contribution in [3.63, 3.8) is 0 Å². The Hall–Kier alpha value is -2.55. The third kappa shape index (κ3) is 4.72. The molecule has 7 nitrogen and oxygen atoms in total. The van der Waals surface area contributed by atoms with Crippen molar-refractivity contribution in [2.75, 3.05) is 38.9 Å². The number of hydrogen-bond acceptors (Lipinski definition) is 7. The number of anilines is 1. The summed E-state index contributed by atoms with van der Waals surface area (Å²) in [5, 5.41) is 3.85. The maximum absolute atomic E-state index is 12.5. The molecule has 0 radical (unpaired) electrons. The fraction of sp³-hybridized carbons (Fsp3) is 0.381. The van der Waals surface area contributed by atoms with E-state index in [9.17, 15) is 4.79 Å². The van der Waals surface area contributed by atoms with Crippen LogP contribution in [0, 0.1) is 5.92 Å². The van der Waals surface area contributed by atoms with Gasteiger partial charge in [0.2, 0.25) is 5.91 Å². The largest absolute Gasteiger partial charge is 0.490 e. The maximum Gasteiger partial charge on any atom is 0.229 e. The molecule has 3 heterocycles. The number of fused-ring (bicyclic) bond motifs is 1. The predicted molar refractivity (Wildman–Crippen MR) is 112 cm³/mol. The number of hydrogen-bond donors (Lipinski definition) is 1. The third-order valence-electron chi connectivity index (χ3n) is 4.80. The molecule has 1 saturated heterocycles. The molecule has 1 aromatic carbocycles. The van der Waals surface area contributed by atoms with E-state index >= 15 is 0 Å². The van der Waals surface area contributed by atoms with Crippen LogP contribution >= 0.6 is 11.3 Å². The number of carbonyl (C=O) groups excluding carboxylic acids is 1. The molecule has 0 spiro atoms. The van der Waals surface area contributed by atoms with Gasteiger partial charge in [0.15, 0.2) is 0 Å². The van der Waals surface area contributed by atoms with Crippen molar-refractivity contribution < 1.29 is 19.0 Å². The fourth-order valence-electron chi connectivity index (χ4n) is 3.29. The summed E-state index contributed by atoms with van der Waals surface area (Å²) in [6.45, 7) is 2.12. The van der Waals surface area contributed by atoms with Crippen LogP contribution in [0.15, 0.2) is 36.0 Å². The first-order chi connectivity index (χ1) is 14.2. The quantitative estimate of drug-likeness (QED) is 0.594. The minimum atomic E-state index is -0.108. The molecule has 152 valence electrons. The number of nitrogens with zero attached hydrogens (tertiary/aromatic N) is 2. The summed E-state index contributed by atoms with van der Waals surface area (Å²) in [5.74, 6) is 0.580. The summed E-state index contributed by atoms with van der Waals surface area (Å²) >= 11 is 1.53. The Labute approximate surface area is 173 Å². The second kappa shape index (κ2) is 9.30. The number of amides is 1. The summed E-state index contributed by atoms with van der Waals surface area (Å²) in [6.07, 6.45) is 3.56. The van der Waals surface area contributed by atoms with E-state index in [1.807, 2.05) is 24.3 Å². The van der Waals surface area contributed by atoms with E-state index in [0.29, 0.717) is 25.6 Å². The van der Waals surface area contributed by atoms with Gasteiger partial charge in [0.1, 0.15) is 12.4 Å². The Morgan fingerprint density at radius 1 is 1.34 bits per heavy atom. The molecule has 1 fully saturated rings. The molecule has 1 unspecified atom stereocenters. The molecule has 1 aliphatic rings. The zero-order valence-corrected chi connectivity index (χ0v) is 17.0. The van der Waals surface area contributed by atoms with Gasteiger partial charge in [-0.3, -0.25) is 9.78 Å². The Balaban J connectivity index is 1.63. The number of thiazole rings is 1. The molecule has 4 rings (SSSR count). The van der Waals surface area contributed by atoms with Gasteiger partial charge in [0.05, 0.1) is 40.7 Å². The molecule has 1 aliphatic heterocycles. The lowest BCUT2D eigenvalue weighted by molar-refractivity contribution is -0.123. The molecule has 1 amide bonds. The van der Waals surface area contributed by atoms with E-state index in [2.05, 4.69) is 10.3 Å². The van der Waals surface area contributed by atoms with Gasteiger partial charge in [-0.15, -0.1) is 11.3 Å². The van der Waals surface area contributed by atoms with Crippen molar-refractivity contribution >= 4 is 33.8 Å². The maximum atomic E-state index is 12.5. The molecule has 29 heavy (non-hydrogen) atoms. The van der Waals surface area contributed by atoms with Gasteiger partial charge in [-0.25, -0.2) is 4.98 Å². The topological polar surface area (TPSA) is 82.6 Å². The highest BCUT2D eigenvalue weighted by Gasteiger charge is 2.22. The molecule has 0 bridgehead atoms. The molecule has 1 atom stereocenters. The van der Waals surface area contributed by atoms with Crippen molar-refractivity contribution in [3.05, 3.63) is 36.0 Å². The molecular formula is C21H23N3O4S. The number of carbonyl (C=O) groups is 1. The van der Waals surface area contributed by atoms with E-state index in [-0.39, 0.29) is 11.8 Å². The number of ether oxygens (including phenoxy) is 3. The van der Waals surface area contributed by atoms with E-state index in [1.165, 1.54) is 11.3 Å². The Bertz CT molecular complexity index is 971. The number of rotatable bonds is 7. The first-order valence-corrected chi connectivity index (χ1v) is 10.5. The van der Waals surface area contributed by atoms with Crippen LogP contribution in [0.4, 0.5) is 5.69 Å². The monoisotopic (exact) mass is 413 g/mol. The normalized spacial score (nSPS) is 16.7. The number of aromatic nitrogens is 2. The SMILES string of the molecule is COCCOc1cc(-c2cncs2)nc2ccc(NC(=O)C3CCCOC3)cc12. The van der Waals surface area contributed by atoms with Crippen molar-refractivity contribution in [2.24, 2.45) is 5.92 Å². The molecule has 8 heteroatoms. The summed E-state index contributed by atoms with van der Waals surface area (Å²) in [6, 6.07) is 7.58. The smallest absolute Gasteiger partial charge is 0.229 e.